The monoisotopic (exact) mass is 236 g/mol. The van der Waals surface area contributed by atoms with Crippen molar-refractivity contribution in [2.45, 2.75) is 40.2 Å². The number of ether oxygens (including phenoxy) is 1. The normalized spacial score (nSPS) is 10.6. The molecule has 0 aromatic heterocycles. The van der Waals surface area contributed by atoms with Crippen LogP contribution in [0.5, 0.6) is 5.75 Å². The molecule has 2 N–H and O–H groups in total. The van der Waals surface area contributed by atoms with E-state index in [1.54, 1.807) is 0 Å². The number of rotatable bonds is 6. The molecule has 1 rings (SSSR count). The molecule has 3 heteroatoms. The van der Waals surface area contributed by atoms with Crippen molar-refractivity contribution in [3.63, 3.8) is 0 Å². The molecule has 17 heavy (non-hydrogen) atoms. The third-order valence-electron chi connectivity index (χ3n) is 2.74. The average molecular weight is 236 g/mol. The van der Waals surface area contributed by atoms with Gasteiger partial charge in [-0.3, -0.25) is 0 Å². The Hall–Kier alpha value is -1.38. The first-order chi connectivity index (χ1) is 8.11. The minimum absolute atomic E-state index is 0.439. The van der Waals surface area contributed by atoms with E-state index in [2.05, 4.69) is 31.7 Å². The van der Waals surface area contributed by atoms with Crippen molar-refractivity contribution in [2.75, 3.05) is 23.8 Å². The van der Waals surface area contributed by atoms with Crippen LogP contribution in [0.15, 0.2) is 18.2 Å². The molecular weight excluding hydrogens is 212 g/mol. The second-order valence-corrected chi connectivity index (χ2v) is 4.41. The first kappa shape index (κ1) is 13.7. The molecule has 0 aliphatic heterocycles. The lowest BCUT2D eigenvalue weighted by Crippen LogP contribution is -2.32. The van der Waals surface area contributed by atoms with E-state index in [-0.39, 0.29) is 0 Å². The first-order valence-electron chi connectivity index (χ1n) is 6.39. The first-order valence-corrected chi connectivity index (χ1v) is 6.39. The molecule has 0 spiro atoms. The van der Waals surface area contributed by atoms with Gasteiger partial charge < -0.3 is 15.4 Å². The Morgan fingerprint density at radius 2 is 2.00 bits per heavy atom. The van der Waals surface area contributed by atoms with Crippen LogP contribution in [-0.4, -0.2) is 19.2 Å². The number of nitrogens with zero attached hydrogens (tertiary/aromatic N) is 1. The van der Waals surface area contributed by atoms with Crippen molar-refractivity contribution in [1.82, 2.24) is 0 Å². The molecule has 0 amide bonds. The highest BCUT2D eigenvalue weighted by Crippen LogP contribution is 2.33. The molecular formula is C14H24N2O. The lowest BCUT2D eigenvalue weighted by Gasteiger charge is -2.30. The predicted octanol–water partition coefficient (Wildman–Crippen LogP) is 3.29. The minimum atomic E-state index is 0.439. The van der Waals surface area contributed by atoms with Crippen LogP contribution in [0.3, 0.4) is 0 Å². The number of nitrogens with two attached hydrogens (primary N) is 1. The van der Waals surface area contributed by atoms with Gasteiger partial charge in [-0.15, -0.1) is 0 Å². The molecule has 0 aliphatic rings. The summed E-state index contributed by atoms with van der Waals surface area (Å²) in [6, 6.07) is 6.43. The molecule has 0 saturated carbocycles. The van der Waals surface area contributed by atoms with Gasteiger partial charge in [-0.2, -0.15) is 0 Å². The summed E-state index contributed by atoms with van der Waals surface area (Å²) in [5.74, 6) is 0.784. The summed E-state index contributed by atoms with van der Waals surface area (Å²) >= 11 is 0. The fourth-order valence-electron chi connectivity index (χ4n) is 1.96. The molecule has 0 bridgehead atoms. The summed E-state index contributed by atoms with van der Waals surface area (Å²) in [5.41, 5.74) is 8.00. The van der Waals surface area contributed by atoms with Gasteiger partial charge in [0.1, 0.15) is 5.75 Å². The maximum absolute atomic E-state index is 6.17. The number of hydrogen-bond donors (Lipinski definition) is 1. The molecule has 3 nitrogen and oxygen atoms in total. The molecule has 0 unspecified atom stereocenters. The molecule has 0 fully saturated rings. The van der Waals surface area contributed by atoms with E-state index in [1.165, 1.54) is 0 Å². The quantitative estimate of drug-likeness (QED) is 0.770. The number of anilines is 2. The highest BCUT2D eigenvalue weighted by Gasteiger charge is 2.14. The smallest absolute Gasteiger partial charge is 0.144 e. The molecule has 0 aliphatic carbocycles. The topological polar surface area (TPSA) is 38.5 Å². The Kier molecular flexibility index (Phi) is 5.13. The average Bonchev–Trinajstić information content (AvgIpc) is 2.29. The van der Waals surface area contributed by atoms with E-state index >= 15 is 0 Å². The Balaban J connectivity index is 3.06. The number of benzene rings is 1. The van der Waals surface area contributed by atoms with E-state index < -0.39 is 0 Å². The second kappa shape index (κ2) is 6.38. The summed E-state index contributed by atoms with van der Waals surface area (Å²) in [7, 11) is 0. The van der Waals surface area contributed by atoms with Gasteiger partial charge in [0.05, 0.1) is 18.0 Å². The molecule has 1 aromatic rings. The van der Waals surface area contributed by atoms with Crippen LogP contribution in [0.25, 0.3) is 0 Å². The highest BCUT2D eigenvalue weighted by molar-refractivity contribution is 5.74. The van der Waals surface area contributed by atoms with Crippen molar-refractivity contribution in [2.24, 2.45) is 0 Å². The van der Waals surface area contributed by atoms with Crippen LogP contribution < -0.4 is 15.4 Å². The van der Waals surface area contributed by atoms with Crippen LogP contribution in [0.4, 0.5) is 11.4 Å². The Morgan fingerprint density at radius 3 is 2.53 bits per heavy atom. The molecule has 96 valence electrons. The lowest BCUT2D eigenvalue weighted by atomic mass is 10.2. The highest BCUT2D eigenvalue weighted by atomic mass is 16.5. The second-order valence-electron chi connectivity index (χ2n) is 4.41. The lowest BCUT2D eigenvalue weighted by molar-refractivity contribution is 0.342. The summed E-state index contributed by atoms with van der Waals surface area (Å²) in [6.45, 7) is 10.2. The zero-order valence-corrected chi connectivity index (χ0v) is 11.4. The molecule has 0 radical (unpaired) electrons. The van der Waals surface area contributed by atoms with Crippen molar-refractivity contribution in [1.29, 1.82) is 0 Å². The molecule has 0 heterocycles. The van der Waals surface area contributed by atoms with Crippen LogP contribution in [0, 0.1) is 0 Å². The Labute approximate surface area is 105 Å². The largest absolute Gasteiger partial charge is 0.492 e. The van der Waals surface area contributed by atoms with E-state index in [0.717, 1.165) is 30.1 Å². The summed E-state index contributed by atoms with van der Waals surface area (Å²) in [6.07, 6.45) is 1.11. The number of hydrogen-bond acceptors (Lipinski definition) is 3. The fourth-order valence-corrected chi connectivity index (χ4v) is 1.96. The van der Waals surface area contributed by atoms with E-state index in [0.29, 0.717) is 12.6 Å². The zero-order chi connectivity index (χ0) is 12.8. The minimum Gasteiger partial charge on any atom is -0.492 e. The van der Waals surface area contributed by atoms with Gasteiger partial charge >= 0.3 is 0 Å². The van der Waals surface area contributed by atoms with Gasteiger partial charge in [0.25, 0.3) is 0 Å². The van der Waals surface area contributed by atoms with Gasteiger partial charge in [0, 0.05) is 12.6 Å². The van der Waals surface area contributed by atoms with Crippen LogP contribution in [-0.2, 0) is 0 Å². The van der Waals surface area contributed by atoms with Crippen LogP contribution >= 0.6 is 0 Å². The number of para-hydroxylation sites is 1. The summed E-state index contributed by atoms with van der Waals surface area (Å²) in [5, 5.41) is 0. The summed E-state index contributed by atoms with van der Waals surface area (Å²) < 4.78 is 5.53. The van der Waals surface area contributed by atoms with Crippen LogP contribution in [0.2, 0.25) is 0 Å². The van der Waals surface area contributed by atoms with E-state index in [4.69, 9.17) is 10.5 Å². The maximum atomic E-state index is 6.17. The number of nitrogen functional groups attached to an aromatic ring is 1. The summed E-state index contributed by atoms with van der Waals surface area (Å²) in [4.78, 5) is 2.32. The zero-order valence-electron chi connectivity index (χ0n) is 11.4. The SMILES string of the molecule is CCCN(c1cccc(OCC)c1N)C(C)C. The van der Waals surface area contributed by atoms with Gasteiger partial charge in [-0.05, 0) is 39.3 Å². The third kappa shape index (κ3) is 3.29. The molecule has 1 aromatic carbocycles. The van der Waals surface area contributed by atoms with E-state index in [1.807, 2.05) is 19.1 Å². The van der Waals surface area contributed by atoms with Gasteiger partial charge in [-0.25, -0.2) is 0 Å². The maximum Gasteiger partial charge on any atom is 0.144 e. The van der Waals surface area contributed by atoms with Gasteiger partial charge in [0.15, 0.2) is 0 Å². The van der Waals surface area contributed by atoms with E-state index in [9.17, 15) is 0 Å². The Bertz CT molecular complexity index is 350. The molecule has 0 atom stereocenters. The predicted molar refractivity (Wildman–Crippen MR) is 74.8 cm³/mol. The van der Waals surface area contributed by atoms with Crippen molar-refractivity contribution < 1.29 is 4.74 Å². The van der Waals surface area contributed by atoms with Crippen LogP contribution in [0.1, 0.15) is 34.1 Å². The molecule has 0 saturated heterocycles. The van der Waals surface area contributed by atoms with Gasteiger partial charge in [-0.1, -0.05) is 13.0 Å². The van der Waals surface area contributed by atoms with Crippen molar-refractivity contribution >= 4 is 11.4 Å². The Morgan fingerprint density at radius 1 is 1.29 bits per heavy atom. The van der Waals surface area contributed by atoms with Crippen molar-refractivity contribution in [3.8, 4) is 5.75 Å². The fraction of sp³-hybridized carbons (Fsp3) is 0.571. The van der Waals surface area contributed by atoms with Gasteiger partial charge in [0.2, 0.25) is 0 Å². The third-order valence-corrected chi connectivity index (χ3v) is 2.74. The van der Waals surface area contributed by atoms with Crippen molar-refractivity contribution in [3.05, 3.63) is 18.2 Å². The standard InChI is InChI=1S/C14H24N2O/c1-5-10-16(11(3)4)12-8-7-9-13(14(12)15)17-6-2/h7-9,11H,5-6,10,15H2,1-4H3.